The van der Waals surface area contributed by atoms with Crippen LogP contribution < -0.4 is 5.32 Å². The number of fused-ring (bicyclic) bond motifs is 1. The number of pyridine rings is 1. The minimum absolute atomic E-state index is 0.0421. The molecule has 1 fully saturated rings. The monoisotopic (exact) mass is 391 g/mol. The molecule has 3 aromatic rings. The summed E-state index contributed by atoms with van der Waals surface area (Å²) in [6, 6.07) is 9.73. The Morgan fingerprint density at radius 2 is 1.97 bits per heavy atom. The van der Waals surface area contributed by atoms with Crippen molar-refractivity contribution in [2.24, 2.45) is 7.05 Å². The highest BCUT2D eigenvalue weighted by Gasteiger charge is 2.36. The third kappa shape index (κ3) is 3.65. The van der Waals surface area contributed by atoms with Crippen molar-refractivity contribution in [2.45, 2.75) is 38.1 Å². The van der Waals surface area contributed by atoms with Crippen molar-refractivity contribution in [1.29, 1.82) is 0 Å². The second-order valence-electron chi connectivity index (χ2n) is 8.38. The largest absolute Gasteiger partial charge is 0.350 e. The molecule has 0 unspecified atom stereocenters. The van der Waals surface area contributed by atoms with Crippen LogP contribution >= 0.6 is 0 Å². The summed E-state index contributed by atoms with van der Waals surface area (Å²) in [7, 11) is 6.12. The fraction of sp³-hybridized carbons (Fsp3) is 0.435. The molecule has 2 aromatic heterocycles. The van der Waals surface area contributed by atoms with Gasteiger partial charge in [0.05, 0.1) is 22.5 Å². The number of amides is 1. The molecule has 0 bridgehead atoms. The first kappa shape index (κ1) is 19.6. The van der Waals surface area contributed by atoms with Gasteiger partial charge in [-0.25, -0.2) is 4.98 Å². The molecule has 0 aliphatic heterocycles. The highest BCUT2D eigenvalue weighted by atomic mass is 16.1. The third-order valence-corrected chi connectivity index (χ3v) is 6.31. The quantitative estimate of drug-likeness (QED) is 0.722. The van der Waals surface area contributed by atoms with Crippen molar-refractivity contribution in [3.8, 4) is 11.3 Å². The summed E-state index contributed by atoms with van der Waals surface area (Å²) in [6.45, 7) is 2.63. The molecule has 4 rings (SSSR count). The topological polar surface area (TPSA) is 63.1 Å². The van der Waals surface area contributed by atoms with Crippen LogP contribution in [0.1, 0.15) is 41.7 Å². The van der Waals surface area contributed by atoms with Gasteiger partial charge in [0.2, 0.25) is 0 Å². The number of hydrogen-bond acceptors (Lipinski definition) is 4. The second kappa shape index (κ2) is 7.59. The van der Waals surface area contributed by atoms with Crippen molar-refractivity contribution in [3.63, 3.8) is 0 Å². The molecule has 1 N–H and O–H groups in total. The van der Waals surface area contributed by atoms with E-state index in [0.717, 1.165) is 40.7 Å². The van der Waals surface area contributed by atoms with Crippen LogP contribution in [0.3, 0.4) is 0 Å². The van der Waals surface area contributed by atoms with Gasteiger partial charge in [-0.15, -0.1) is 0 Å². The Bertz CT molecular complexity index is 1050. The van der Waals surface area contributed by atoms with Gasteiger partial charge in [0.15, 0.2) is 0 Å². The average Bonchev–Trinajstić information content (AvgIpc) is 3.32. The van der Waals surface area contributed by atoms with Gasteiger partial charge in [0.25, 0.3) is 5.91 Å². The zero-order chi connectivity index (χ0) is 20.6. The molecule has 1 amide bonds. The van der Waals surface area contributed by atoms with Gasteiger partial charge in [-0.05, 0) is 46.0 Å². The zero-order valence-electron chi connectivity index (χ0n) is 17.7. The zero-order valence-corrected chi connectivity index (χ0v) is 17.7. The van der Waals surface area contributed by atoms with Gasteiger partial charge in [0, 0.05) is 36.3 Å². The van der Waals surface area contributed by atoms with Crippen LogP contribution in [0.4, 0.5) is 0 Å². The van der Waals surface area contributed by atoms with Gasteiger partial charge in [-0.3, -0.25) is 9.48 Å². The maximum absolute atomic E-state index is 13.3. The lowest BCUT2D eigenvalue weighted by Gasteiger charge is -2.36. The first-order valence-electron chi connectivity index (χ1n) is 10.3. The number of carbonyl (C=O) groups is 1. The van der Waals surface area contributed by atoms with E-state index in [2.05, 4.69) is 29.4 Å². The van der Waals surface area contributed by atoms with Gasteiger partial charge >= 0.3 is 0 Å². The number of aromatic nitrogens is 3. The minimum atomic E-state index is -0.0421. The lowest BCUT2D eigenvalue weighted by atomic mass is 9.95. The summed E-state index contributed by atoms with van der Waals surface area (Å²) >= 11 is 0. The van der Waals surface area contributed by atoms with Gasteiger partial charge in [-0.1, -0.05) is 31.0 Å². The maximum atomic E-state index is 13.3. The SMILES string of the molecule is Cc1nn(C)cc1-c1cc(C(=O)NCC2(N(C)C)CCCC2)c2ccccc2n1. The fourth-order valence-corrected chi connectivity index (χ4v) is 4.51. The van der Waals surface area contributed by atoms with Gasteiger partial charge in [0.1, 0.15) is 0 Å². The molecule has 0 atom stereocenters. The van der Waals surface area contributed by atoms with Crippen LogP contribution in [0.15, 0.2) is 36.5 Å². The first-order valence-corrected chi connectivity index (χ1v) is 10.3. The van der Waals surface area contributed by atoms with Crippen LogP contribution in [-0.4, -0.2) is 51.8 Å². The van der Waals surface area contributed by atoms with Crippen LogP contribution in [0.2, 0.25) is 0 Å². The molecule has 1 saturated carbocycles. The van der Waals surface area contributed by atoms with E-state index >= 15 is 0 Å². The summed E-state index contributed by atoms with van der Waals surface area (Å²) in [5, 5.41) is 8.53. The summed E-state index contributed by atoms with van der Waals surface area (Å²) in [6.07, 6.45) is 6.63. The number of carbonyl (C=O) groups excluding carboxylic acids is 1. The molecule has 6 nitrogen and oxygen atoms in total. The van der Waals surface area contributed by atoms with E-state index in [9.17, 15) is 4.79 Å². The average molecular weight is 392 g/mol. The summed E-state index contributed by atoms with van der Waals surface area (Å²) in [5.41, 5.74) is 4.18. The normalized spacial score (nSPS) is 15.9. The number of benzene rings is 1. The van der Waals surface area contributed by atoms with Crippen molar-refractivity contribution >= 4 is 16.8 Å². The smallest absolute Gasteiger partial charge is 0.252 e. The number of aryl methyl sites for hydroxylation is 2. The molecule has 2 heterocycles. The van der Waals surface area contributed by atoms with E-state index in [1.807, 2.05) is 50.5 Å². The number of nitrogens with zero attached hydrogens (tertiary/aromatic N) is 4. The molecule has 1 aromatic carbocycles. The second-order valence-corrected chi connectivity index (χ2v) is 8.38. The Hall–Kier alpha value is -2.73. The van der Waals surface area contributed by atoms with E-state index in [1.54, 1.807) is 4.68 Å². The Morgan fingerprint density at radius 1 is 1.24 bits per heavy atom. The van der Waals surface area contributed by atoms with Crippen LogP contribution in [-0.2, 0) is 7.05 Å². The van der Waals surface area contributed by atoms with Gasteiger partial charge in [-0.2, -0.15) is 5.10 Å². The molecule has 0 radical (unpaired) electrons. The predicted molar refractivity (Wildman–Crippen MR) is 116 cm³/mol. The Labute approximate surface area is 171 Å². The van der Waals surface area contributed by atoms with E-state index in [1.165, 1.54) is 12.8 Å². The summed E-state index contributed by atoms with van der Waals surface area (Å²) in [4.78, 5) is 20.3. The van der Waals surface area contributed by atoms with E-state index in [4.69, 9.17) is 4.98 Å². The predicted octanol–water partition coefficient (Wildman–Crippen LogP) is 3.55. The molecular formula is C23H29N5O. The lowest BCUT2D eigenvalue weighted by molar-refractivity contribution is 0.0901. The molecule has 29 heavy (non-hydrogen) atoms. The summed E-state index contributed by atoms with van der Waals surface area (Å²) in [5.74, 6) is -0.0421. The molecular weight excluding hydrogens is 362 g/mol. The molecule has 1 aliphatic carbocycles. The number of hydrogen-bond donors (Lipinski definition) is 1. The number of likely N-dealkylation sites (N-methyl/N-ethyl adjacent to an activating group) is 1. The van der Waals surface area contributed by atoms with E-state index < -0.39 is 0 Å². The molecule has 0 spiro atoms. The standard InChI is InChI=1S/C23H29N5O/c1-16-19(14-28(4)26-16)21-13-18(17-9-5-6-10-20(17)25-21)22(29)24-15-23(27(2)3)11-7-8-12-23/h5-6,9-10,13-14H,7-8,11-12,15H2,1-4H3,(H,24,29). The van der Waals surface area contributed by atoms with Crippen LogP contribution in [0.25, 0.3) is 22.2 Å². The molecule has 6 heteroatoms. The van der Waals surface area contributed by atoms with E-state index in [0.29, 0.717) is 12.1 Å². The molecule has 1 aliphatic rings. The number of rotatable bonds is 5. The van der Waals surface area contributed by atoms with Crippen LogP contribution in [0.5, 0.6) is 0 Å². The Kier molecular flexibility index (Phi) is 5.13. The van der Waals surface area contributed by atoms with Gasteiger partial charge < -0.3 is 10.2 Å². The molecule has 0 saturated heterocycles. The summed E-state index contributed by atoms with van der Waals surface area (Å²) < 4.78 is 1.78. The van der Waals surface area contributed by atoms with Crippen LogP contribution in [0, 0.1) is 6.92 Å². The Morgan fingerprint density at radius 3 is 2.62 bits per heavy atom. The third-order valence-electron chi connectivity index (χ3n) is 6.31. The molecule has 152 valence electrons. The number of nitrogens with one attached hydrogen (secondary N) is 1. The Balaban J connectivity index is 1.70. The fourth-order valence-electron chi connectivity index (χ4n) is 4.51. The van der Waals surface area contributed by atoms with Crippen molar-refractivity contribution in [2.75, 3.05) is 20.6 Å². The van der Waals surface area contributed by atoms with Crippen molar-refractivity contribution in [1.82, 2.24) is 25.0 Å². The highest BCUT2D eigenvalue weighted by Crippen LogP contribution is 2.33. The number of para-hydroxylation sites is 1. The minimum Gasteiger partial charge on any atom is -0.350 e. The first-order chi connectivity index (χ1) is 13.9. The van der Waals surface area contributed by atoms with E-state index in [-0.39, 0.29) is 11.4 Å². The lowest BCUT2D eigenvalue weighted by Crippen LogP contribution is -2.50. The maximum Gasteiger partial charge on any atom is 0.252 e. The van der Waals surface area contributed by atoms with Crippen molar-refractivity contribution < 1.29 is 4.79 Å². The van der Waals surface area contributed by atoms with Crippen molar-refractivity contribution in [3.05, 3.63) is 47.8 Å². The highest BCUT2D eigenvalue weighted by molar-refractivity contribution is 6.07.